The van der Waals surface area contributed by atoms with Crippen molar-refractivity contribution in [2.75, 3.05) is 0 Å². The zero-order valence-corrected chi connectivity index (χ0v) is 13.4. The fourth-order valence-corrected chi connectivity index (χ4v) is 2.42. The SMILES string of the molecule is CCCCC(NC(=O)c1cc(O)cc(C(=O)O)c1)c1cccnc1. The average molecular weight is 328 g/mol. The summed E-state index contributed by atoms with van der Waals surface area (Å²) in [5, 5.41) is 21.6. The number of rotatable bonds is 7. The number of amides is 1. The number of unbranched alkanes of at least 4 members (excludes halogenated alkanes) is 1. The first-order valence-electron chi connectivity index (χ1n) is 7.79. The van der Waals surface area contributed by atoms with Crippen molar-refractivity contribution in [2.45, 2.75) is 32.2 Å². The summed E-state index contributed by atoms with van der Waals surface area (Å²) in [6.07, 6.45) is 6.03. The molecule has 6 nitrogen and oxygen atoms in total. The van der Waals surface area contributed by atoms with Crippen molar-refractivity contribution in [3.63, 3.8) is 0 Å². The van der Waals surface area contributed by atoms with Crippen LogP contribution in [0.3, 0.4) is 0 Å². The van der Waals surface area contributed by atoms with Crippen LogP contribution in [0.4, 0.5) is 0 Å². The molecule has 1 unspecified atom stereocenters. The number of hydrogen-bond donors (Lipinski definition) is 3. The molecule has 0 radical (unpaired) electrons. The number of nitrogens with one attached hydrogen (secondary N) is 1. The van der Waals surface area contributed by atoms with Gasteiger partial charge in [0.05, 0.1) is 11.6 Å². The number of aromatic carboxylic acids is 1. The van der Waals surface area contributed by atoms with Gasteiger partial charge in [-0.2, -0.15) is 0 Å². The summed E-state index contributed by atoms with van der Waals surface area (Å²) in [5.41, 5.74) is 0.863. The number of nitrogens with zero attached hydrogens (tertiary/aromatic N) is 1. The summed E-state index contributed by atoms with van der Waals surface area (Å²) in [5.74, 6) is -1.89. The number of carboxylic acids is 1. The molecule has 0 bridgehead atoms. The second-order valence-corrected chi connectivity index (χ2v) is 5.53. The van der Waals surface area contributed by atoms with Crippen LogP contribution in [0.25, 0.3) is 0 Å². The van der Waals surface area contributed by atoms with Crippen LogP contribution in [0, 0.1) is 0 Å². The molecule has 2 rings (SSSR count). The number of aromatic hydroxyl groups is 1. The van der Waals surface area contributed by atoms with Gasteiger partial charge in [0.1, 0.15) is 5.75 Å². The van der Waals surface area contributed by atoms with Gasteiger partial charge in [0.25, 0.3) is 5.91 Å². The molecular weight excluding hydrogens is 308 g/mol. The van der Waals surface area contributed by atoms with Crippen LogP contribution >= 0.6 is 0 Å². The standard InChI is InChI=1S/C18H20N2O4/c1-2-3-6-16(12-5-4-7-19-11-12)20-17(22)13-8-14(18(23)24)10-15(21)9-13/h4-5,7-11,16,21H,2-3,6H2,1H3,(H,20,22)(H,23,24). The van der Waals surface area contributed by atoms with Gasteiger partial charge in [-0.3, -0.25) is 9.78 Å². The number of aromatic nitrogens is 1. The van der Waals surface area contributed by atoms with Crippen LogP contribution in [0.15, 0.2) is 42.7 Å². The van der Waals surface area contributed by atoms with Crippen molar-refractivity contribution < 1.29 is 19.8 Å². The lowest BCUT2D eigenvalue weighted by atomic mass is 10.0. The number of hydrogen-bond acceptors (Lipinski definition) is 4. The third-order valence-corrected chi connectivity index (χ3v) is 3.67. The van der Waals surface area contributed by atoms with Crippen LogP contribution in [-0.2, 0) is 0 Å². The van der Waals surface area contributed by atoms with E-state index in [1.807, 2.05) is 6.07 Å². The first-order chi connectivity index (χ1) is 11.5. The van der Waals surface area contributed by atoms with E-state index in [1.165, 1.54) is 12.1 Å². The van der Waals surface area contributed by atoms with E-state index in [-0.39, 0.29) is 22.9 Å². The van der Waals surface area contributed by atoms with E-state index in [0.717, 1.165) is 30.9 Å². The minimum Gasteiger partial charge on any atom is -0.508 e. The van der Waals surface area contributed by atoms with Gasteiger partial charge in [0.15, 0.2) is 0 Å². The van der Waals surface area contributed by atoms with Gasteiger partial charge in [0, 0.05) is 18.0 Å². The molecular formula is C18H20N2O4. The molecule has 2 aromatic rings. The molecule has 1 aromatic carbocycles. The molecule has 126 valence electrons. The van der Waals surface area contributed by atoms with Crippen LogP contribution in [0.2, 0.25) is 0 Å². The number of carboxylic acid groups (broad SMARTS) is 1. The second-order valence-electron chi connectivity index (χ2n) is 5.53. The molecule has 3 N–H and O–H groups in total. The number of phenols is 1. The summed E-state index contributed by atoms with van der Waals surface area (Å²) >= 11 is 0. The minimum absolute atomic E-state index is 0.109. The Balaban J connectivity index is 2.23. The number of benzene rings is 1. The lowest BCUT2D eigenvalue weighted by molar-refractivity contribution is 0.0696. The predicted octanol–water partition coefficient (Wildman–Crippen LogP) is 3.15. The highest BCUT2D eigenvalue weighted by Gasteiger charge is 2.17. The number of carbonyl (C=O) groups excluding carboxylic acids is 1. The van der Waals surface area contributed by atoms with E-state index < -0.39 is 11.9 Å². The molecule has 24 heavy (non-hydrogen) atoms. The Morgan fingerprint density at radius 1 is 1.25 bits per heavy atom. The molecule has 0 fully saturated rings. The van der Waals surface area contributed by atoms with Crippen molar-refractivity contribution in [1.82, 2.24) is 10.3 Å². The topological polar surface area (TPSA) is 99.5 Å². The highest BCUT2D eigenvalue weighted by Crippen LogP contribution is 2.21. The van der Waals surface area contributed by atoms with Crippen LogP contribution in [-0.4, -0.2) is 27.1 Å². The summed E-state index contributed by atoms with van der Waals surface area (Å²) in [7, 11) is 0. The van der Waals surface area contributed by atoms with E-state index in [1.54, 1.807) is 18.5 Å². The summed E-state index contributed by atoms with van der Waals surface area (Å²) in [6.45, 7) is 2.07. The van der Waals surface area contributed by atoms with Crippen molar-refractivity contribution in [1.29, 1.82) is 0 Å². The van der Waals surface area contributed by atoms with Crippen LogP contribution < -0.4 is 5.32 Å². The molecule has 0 saturated carbocycles. The highest BCUT2D eigenvalue weighted by molar-refractivity contribution is 5.98. The molecule has 0 aliphatic rings. The fourth-order valence-electron chi connectivity index (χ4n) is 2.42. The summed E-state index contributed by atoms with van der Waals surface area (Å²) in [6, 6.07) is 7.08. The maximum atomic E-state index is 12.5. The molecule has 0 aliphatic carbocycles. The molecule has 0 spiro atoms. The average Bonchev–Trinajstić information content (AvgIpc) is 2.58. The van der Waals surface area contributed by atoms with Crippen molar-refractivity contribution in [3.05, 3.63) is 59.4 Å². The molecule has 6 heteroatoms. The monoisotopic (exact) mass is 328 g/mol. The first kappa shape index (κ1) is 17.5. The molecule has 1 atom stereocenters. The fraction of sp³-hybridized carbons (Fsp3) is 0.278. The van der Waals surface area contributed by atoms with Gasteiger partial charge < -0.3 is 15.5 Å². The first-order valence-corrected chi connectivity index (χ1v) is 7.79. The minimum atomic E-state index is -1.20. The Kier molecular flexibility index (Phi) is 5.89. The normalized spacial score (nSPS) is 11.7. The van der Waals surface area contributed by atoms with Gasteiger partial charge in [-0.05, 0) is 36.2 Å². The van der Waals surface area contributed by atoms with Gasteiger partial charge in [-0.25, -0.2) is 4.79 Å². The van der Waals surface area contributed by atoms with Gasteiger partial charge >= 0.3 is 5.97 Å². The predicted molar refractivity (Wildman–Crippen MR) is 89.0 cm³/mol. The molecule has 1 amide bonds. The van der Waals surface area contributed by atoms with Crippen molar-refractivity contribution in [3.8, 4) is 5.75 Å². The van der Waals surface area contributed by atoms with Gasteiger partial charge in [0.2, 0.25) is 0 Å². The largest absolute Gasteiger partial charge is 0.508 e. The van der Waals surface area contributed by atoms with Gasteiger partial charge in [-0.15, -0.1) is 0 Å². The van der Waals surface area contributed by atoms with Crippen molar-refractivity contribution >= 4 is 11.9 Å². The summed E-state index contributed by atoms with van der Waals surface area (Å²) in [4.78, 5) is 27.6. The van der Waals surface area contributed by atoms with Gasteiger partial charge in [-0.1, -0.05) is 25.8 Å². The summed E-state index contributed by atoms with van der Waals surface area (Å²) < 4.78 is 0. The second kappa shape index (κ2) is 8.10. The maximum Gasteiger partial charge on any atom is 0.335 e. The molecule has 1 aromatic heterocycles. The lowest BCUT2D eigenvalue weighted by Gasteiger charge is -2.19. The van der Waals surface area contributed by atoms with E-state index in [9.17, 15) is 14.7 Å². The lowest BCUT2D eigenvalue weighted by Crippen LogP contribution is -2.28. The number of carbonyl (C=O) groups is 2. The Hall–Kier alpha value is -2.89. The Bertz CT molecular complexity index is 716. The van der Waals surface area contributed by atoms with Crippen LogP contribution in [0.1, 0.15) is 58.5 Å². The van der Waals surface area contributed by atoms with E-state index in [2.05, 4.69) is 17.2 Å². The van der Waals surface area contributed by atoms with E-state index in [0.29, 0.717) is 0 Å². The zero-order valence-electron chi connectivity index (χ0n) is 13.4. The smallest absolute Gasteiger partial charge is 0.335 e. The highest BCUT2D eigenvalue weighted by atomic mass is 16.4. The Morgan fingerprint density at radius 3 is 2.62 bits per heavy atom. The zero-order chi connectivity index (χ0) is 17.5. The maximum absolute atomic E-state index is 12.5. The molecule has 0 aliphatic heterocycles. The van der Waals surface area contributed by atoms with Crippen molar-refractivity contribution in [2.24, 2.45) is 0 Å². The quantitative estimate of drug-likeness (QED) is 0.725. The van der Waals surface area contributed by atoms with Crippen LogP contribution in [0.5, 0.6) is 5.75 Å². The molecule has 1 heterocycles. The number of phenolic OH excluding ortho intramolecular Hbond substituents is 1. The van der Waals surface area contributed by atoms with E-state index >= 15 is 0 Å². The number of pyridine rings is 1. The molecule has 0 saturated heterocycles. The Morgan fingerprint density at radius 2 is 2.00 bits per heavy atom. The Labute approximate surface area is 140 Å². The van der Waals surface area contributed by atoms with E-state index in [4.69, 9.17) is 5.11 Å². The third-order valence-electron chi connectivity index (χ3n) is 3.67. The third kappa shape index (κ3) is 4.55.